The van der Waals surface area contributed by atoms with Crippen LogP contribution in [0.2, 0.25) is 0 Å². The average Bonchev–Trinajstić information content (AvgIpc) is 2.38. The summed E-state index contributed by atoms with van der Waals surface area (Å²) in [5.74, 6) is 0.689. The SMILES string of the molecule is CCC(C)Oc1ccc(C(O)(CC)CC(F)F)cc1. The Bertz CT molecular complexity index is 378. The first-order valence-electron chi connectivity index (χ1n) is 6.69. The largest absolute Gasteiger partial charge is 0.491 e. The van der Waals surface area contributed by atoms with Gasteiger partial charge >= 0.3 is 0 Å². The maximum Gasteiger partial charge on any atom is 0.241 e. The molecule has 0 radical (unpaired) electrons. The lowest BCUT2D eigenvalue weighted by Crippen LogP contribution is -2.27. The highest BCUT2D eigenvalue weighted by Gasteiger charge is 2.31. The molecule has 0 aliphatic carbocycles. The topological polar surface area (TPSA) is 29.5 Å². The van der Waals surface area contributed by atoms with Crippen molar-refractivity contribution in [2.45, 2.75) is 58.2 Å². The third-order valence-electron chi connectivity index (χ3n) is 3.38. The van der Waals surface area contributed by atoms with Crippen LogP contribution in [0.4, 0.5) is 8.78 Å². The molecule has 0 bridgehead atoms. The first-order chi connectivity index (χ1) is 8.91. The molecule has 2 unspecified atom stereocenters. The van der Waals surface area contributed by atoms with Gasteiger partial charge in [-0.2, -0.15) is 0 Å². The maximum atomic E-state index is 12.5. The molecule has 0 aliphatic rings. The van der Waals surface area contributed by atoms with Gasteiger partial charge in [0.05, 0.1) is 11.7 Å². The molecule has 0 saturated carbocycles. The Hall–Kier alpha value is -1.16. The molecule has 0 aromatic heterocycles. The monoisotopic (exact) mass is 272 g/mol. The third-order valence-corrected chi connectivity index (χ3v) is 3.38. The molecule has 1 N–H and O–H groups in total. The number of hydrogen-bond donors (Lipinski definition) is 1. The van der Waals surface area contributed by atoms with Crippen LogP contribution in [0.5, 0.6) is 5.75 Å². The Morgan fingerprint density at radius 3 is 2.21 bits per heavy atom. The lowest BCUT2D eigenvalue weighted by atomic mass is 9.88. The second-order valence-corrected chi connectivity index (χ2v) is 4.84. The van der Waals surface area contributed by atoms with Gasteiger partial charge in [-0.25, -0.2) is 8.78 Å². The summed E-state index contributed by atoms with van der Waals surface area (Å²) < 4.78 is 30.6. The van der Waals surface area contributed by atoms with Gasteiger partial charge in [-0.3, -0.25) is 0 Å². The molecule has 1 aromatic carbocycles. The van der Waals surface area contributed by atoms with Gasteiger partial charge in [0.1, 0.15) is 5.75 Å². The minimum Gasteiger partial charge on any atom is -0.491 e. The quantitative estimate of drug-likeness (QED) is 0.809. The van der Waals surface area contributed by atoms with Crippen LogP contribution in [-0.2, 0) is 5.60 Å². The van der Waals surface area contributed by atoms with Crippen molar-refractivity contribution in [3.05, 3.63) is 29.8 Å². The summed E-state index contributed by atoms with van der Waals surface area (Å²) in [4.78, 5) is 0. The van der Waals surface area contributed by atoms with Crippen molar-refractivity contribution in [3.63, 3.8) is 0 Å². The van der Waals surface area contributed by atoms with E-state index >= 15 is 0 Å². The van der Waals surface area contributed by atoms with Crippen molar-refractivity contribution in [1.82, 2.24) is 0 Å². The number of hydrogen-bond acceptors (Lipinski definition) is 2. The second-order valence-electron chi connectivity index (χ2n) is 4.84. The zero-order valence-corrected chi connectivity index (χ0v) is 11.7. The molecule has 0 heterocycles. The Morgan fingerprint density at radius 1 is 1.21 bits per heavy atom. The van der Waals surface area contributed by atoms with Crippen LogP contribution in [0.1, 0.15) is 45.6 Å². The Balaban J connectivity index is 2.84. The molecule has 0 aliphatic heterocycles. The van der Waals surface area contributed by atoms with Crippen LogP contribution in [-0.4, -0.2) is 17.6 Å². The third kappa shape index (κ3) is 4.46. The van der Waals surface area contributed by atoms with E-state index in [-0.39, 0.29) is 12.5 Å². The summed E-state index contributed by atoms with van der Waals surface area (Å²) in [5.41, 5.74) is -0.963. The number of rotatable bonds is 7. The number of alkyl halides is 2. The molecule has 0 saturated heterocycles. The summed E-state index contributed by atoms with van der Waals surface area (Å²) in [5, 5.41) is 10.3. The van der Waals surface area contributed by atoms with E-state index in [1.54, 1.807) is 31.2 Å². The van der Waals surface area contributed by atoms with Gasteiger partial charge in [-0.15, -0.1) is 0 Å². The molecule has 2 nitrogen and oxygen atoms in total. The van der Waals surface area contributed by atoms with Crippen molar-refractivity contribution in [3.8, 4) is 5.75 Å². The molecule has 0 fully saturated rings. The van der Waals surface area contributed by atoms with E-state index in [1.165, 1.54) is 0 Å². The smallest absolute Gasteiger partial charge is 0.241 e. The summed E-state index contributed by atoms with van der Waals surface area (Å²) >= 11 is 0. The van der Waals surface area contributed by atoms with E-state index < -0.39 is 18.4 Å². The number of halogens is 2. The molecule has 19 heavy (non-hydrogen) atoms. The Kier molecular flexibility index (Phi) is 5.73. The Labute approximate surface area is 113 Å². The second kappa shape index (κ2) is 6.85. The van der Waals surface area contributed by atoms with Crippen LogP contribution in [0.15, 0.2) is 24.3 Å². The van der Waals surface area contributed by atoms with Gasteiger partial charge in [0, 0.05) is 6.42 Å². The molecule has 2 atom stereocenters. The van der Waals surface area contributed by atoms with Crippen LogP contribution in [0, 0.1) is 0 Å². The maximum absolute atomic E-state index is 12.5. The van der Waals surface area contributed by atoms with Gasteiger partial charge < -0.3 is 9.84 Å². The highest BCUT2D eigenvalue weighted by Crippen LogP contribution is 2.32. The predicted molar refractivity (Wildman–Crippen MR) is 71.6 cm³/mol. The van der Waals surface area contributed by atoms with Crippen LogP contribution in [0.25, 0.3) is 0 Å². The van der Waals surface area contributed by atoms with Crippen LogP contribution < -0.4 is 4.74 Å². The number of aliphatic hydroxyl groups is 1. The van der Waals surface area contributed by atoms with Crippen molar-refractivity contribution in [1.29, 1.82) is 0 Å². The van der Waals surface area contributed by atoms with Gasteiger partial charge in [-0.1, -0.05) is 26.0 Å². The van der Waals surface area contributed by atoms with Gasteiger partial charge in [-0.05, 0) is 37.5 Å². The van der Waals surface area contributed by atoms with Crippen LogP contribution in [0.3, 0.4) is 0 Å². The van der Waals surface area contributed by atoms with Crippen molar-refractivity contribution in [2.75, 3.05) is 0 Å². The summed E-state index contributed by atoms with van der Waals surface area (Å²) in [6.45, 7) is 5.69. The lowest BCUT2D eigenvalue weighted by Gasteiger charge is -2.27. The fourth-order valence-corrected chi connectivity index (χ4v) is 1.88. The minimum absolute atomic E-state index is 0.108. The van der Waals surface area contributed by atoms with Crippen molar-refractivity contribution < 1.29 is 18.6 Å². The van der Waals surface area contributed by atoms with Crippen LogP contribution >= 0.6 is 0 Å². The van der Waals surface area contributed by atoms with Gasteiger partial charge in [0.2, 0.25) is 6.43 Å². The fourth-order valence-electron chi connectivity index (χ4n) is 1.88. The first kappa shape index (κ1) is 15.9. The highest BCUT2D eigenvalue weighted by molar-refractivity contribution is 5.31. The number of ether oxygens (including phenoxy) is 1. The van der Waals surface area contributed by atoms with E-state index in [0.717, 1.165) is 6.42 Å². The number of benzene rings is 1. The summed E-state index contributed by atoms with van der Waals surface area (Å²) in [6.07, 6.45) is -1.82. The molecule has 0 spiro atoms. The zero-order valence-electron chi connectivity index (χ0n) is 11.7. The average molecular weight is 272 g/mol. The normalized spacial score (nSPS) is 16.2. The van der Waals surface area contributed by atoms with Gasteiger partial charge in [0.15, 0.2) is 0 Å². The standard InChI is InChI=1S/C15H22F2O2/c1-4-11(3)19-13-8-6-12(7-9-13)15(18,5-2)10-14(16)17/h6-9,11,14,18H,4-5,10H2,1-3H3. The molecule has 108 valence electrons. The highest BCUT2D eigenvalue weighted by atomic mass is 19.3. The predicted octanol–water partition coefficient (Wildman–Crippen LogP) is 4.12. The van der Waals surface area contributed by atoms with E-state index in [9.17, 15) is 13.9 Å². The lowest BCUT2D eigenvalue weighted by molar-refractivity contribution is -0.0295. The molecular formula is C15H22F2O2. The molecular weight excluding hydrogens is 250 g/mol. The van der Waals surface area contributed by atoms with E-state index in [2.05, 4.69) is 0 Å². The molecule has 1 rings (SSSR count). The summed E-state index contributed by atoms with van der Waals surface area (Å²) in [6, 6.07) is 6.74. The van der Waals surface area contributed by atoms with E-state index in [4.69, 9.17) is 4.74 Å². The first-order valence-corrected chi connectivity index (χ1v) is 6.69. The zero-order chi connectivity index (χ0) is 14.5. The Morgan fingerprint density at radius 2 is 1.79 bits per heavy atom. The van der Waals surface area contributed by atoms with Gasteiger partial charge in [0.25, 0.3) is 0 Å². The summed E-state index contributed by atoms with van der Waals surface area (Å²) in [7, 11) is 0. The molecule has 0 amide bonds. The fraction of sp³-hybridized carbons (Fsp3) is 0.600. The van der Waals surface area contributed by atoms with E-state index in [1.807, 2.05) is 13.8 Å². The van der Waals surface area contributed by atoms with Crippen molar-refractivity contribution in [2.24, 2.45) is 0 Å². The van der Waals surface area contributed by atoms with E-state index in [0.29, 0.717) is 11.3 Å². The molecule has 4 heteroatoms. The molecule has 1 aromatic rings. The minimum atomic E-state index is -2.53. The van der Waals surface area contributed by atoms with Crippen molar-refractivity contribution >= 4 is 0 Å².